The second-order valence-electron chi connectivity index (χ2n) is 9.29. The lowest BCUT2D eigenvalue weighted by Crippen LogP contribution is -2.47. The van der Waals surface area contributed by atoms with Gasteiger partial charge in [0.1, 0.15) is 30.4 Å². The molecule has 1 aromatic heterocycles. The van der Waals surface area contributed by atoms with E-state index in [4.69, 9.17) is 9.15 Å². The highest BCUT2D eigenvalue weighted by atomic mass is 32.2. The summed E-state index contributed by atoms with van der Waals surface area (Å²) in [5.74, 6) is 0.541. The largest absolute Gasteiger partial charge is 0.487 e. The van der Waals surface area contributed by atoms with Crippen LogP contribution in [-0.2, 0) is 34.6 Å². The highest BCUT2D eigenvalue weighted by Crippen LogP contribution is 2.31. The fourth-order valence-corrected chi connectivity index (χ4v) is 6.21. The number of carboxylic acids is 1. The van der Waals surface area contributed by atoms with Crippen molar-refractivity contribution in [3.63, 3.8) is 0 Å². The first-order chi connectivity index (χ1) is 18.8. The molecule has 9 nitrogen and oxygen atoms in total. The van der Waals surface area contributed by atoms with Crippen molar-refractivity contribution in [1.82, 2.24) is 9.29 Å². The summed E-state index contributed by atoms with van der Waals surface area (Å²) in [6.07, 6.45) is 1.45. The molecule has 0 saturated carbocycles. The second kappa shape index (κ2) is 11.3. The zero-order valence-electron chi connectivity index (χ0n) is 21.5. The molecule has 0 atom stereocenters. The number of oxazole rings is 1. The predicted octanol–water partition coefficient (Wildman–Crippen LogP) is 4.81. The van der Waals surface area contributed by atoms with Gasteiger partial charge in [0.25, 0.3) is 0 Å². The zero-order valence-corrected chi connectivity index (χ0v) is 22.3. The molecule has 0 radical (unpaired) electrons. The number of hydrogen-bond acceptors (Lipinski definition) is 6. The number of hydrogen-bond donors (Lipinski definition) is 1. The van der Waals surface area contributed by atoms with Crippen LogP contribution in [0.1, 0.15) is 29.0 Å². The summed E-state index contributed by atoms with van der Waals surface area (Å²) in [6, 6.07) is 23.8. The van der Waals surface area contributed by atoms with Crippen molar-refractivity contribution in [3.8, 4) is 17.2 Å². The maximum absolute atomic E-state index is 13.6. The van der Waals surface area contributed by atoms with Crippen LogP contribution in [0.4, 0.5) is 5.69 Å². The molecule has 2 heterocycles. The van der Waals surface area contributed by atoms with Gasteiger partial charge in [0.15, 0.2) is 0 Å². The minimum absolute atomic E-state index is 0.0869. The molecule has 4 aromatic rings. The van der Waals surface area contributed by atoms with Crippen molar-refractivity contribution in [3.05, 3.63) is 101 Å². The van der Waals surface area contributed by atoms with Gasteiger partial charge in [-0.1, -0.05) is 48.5 Å². The van der Waals surface area contributed by atoms with Gasteiger partial charge in [0, 0.05) is 18.7 Å². The molecular weight excluding hydrogens is 518 g/mol. The van der Waals surface area contributed by atoms with Gasteiger partial charge in [-0.2, -0.15) is 12.7 Å². The Balaban J connectivity index is 1.28. The van der Waals surface area contributed by atoms with Gasteiger partial charge in [0.2, 0.25) is 5.89 Å². The lowest BCUT2D eigenvalue weighted by molar-refractivity contribution is -0.137. The minimum Gasteiger partial charge on any atom is -0.487 e. The molecular formula is C29H29N3O6S. The van der Waals surface area contributed by atoms with Crippen LogP contribution in [-0.4, -0.2) is 41.9 Å². The molecule has 0 amide bonds. The van der Waals surface area contributed by atoms with Crippen molar-refractivity contribution in [1.29, 1.82) is 0 Å². The summed E-state index contributed by atoms with van der Waals surface area (Å²) in [6.45, 7) is 1.61. The lowest BCUT2D eigenvalue weighted by Gasteiger charge is -2.34. The van der Waals surface area contributed by atoms with Gasteiger partial charge in [-0.05, 0) is 61.2 Å². The van der Waals surface area contributed by atoms with E-state index in [0.717, 1.165) is 21.9 Å². The number of carbonyl (C=O) groups is 1. The third-order valence-corrected chi connectivity index (χ3v) is 8.40. The molecule has 202 valence electrons. The van der Waals surface area contributed by atoms with E-state index in [9.17, 15) is 18.3 Å². The molecule has 10 heteroatoms. The molecule has 5 rings (SSSR count). The average molecular weight is 548 g/mol. The fraction of sp³-hybridized carbons (Fsp3) is 0.241. The molecule has 0 aliphatic carbocycles. The Labute approximate surface area is 227 Å². The monoisotopic (exact) mass is 547 g/mol. The van der Waals surface area contributed by atoms with Crippen LogP contribution in [0.2, 0.25) is 0 Å². The summed E-state index contributed by atoms with van der Waals surface area (Å²) >= 11 is 0. The van der Waals surface area contributed by atoms with Crippen molar-refractivity contribution < 1.29 is 27.5 Å². The van der Waals surface area contributed by atoms with E-state index in [1.807, 2.05) is 49.4 Å². The quantitative estimate of drug-likeness (QED) is 0.303. The Bertz CT molecular complexity index is 1550. The molecule has 0 unspecified atom stereocenters. The van der Waals surface area contributed by atoms with E-state index < -0.39 is 22.7 Å². The van der Waals surface area contributed by atoms with E-state index >= 15 is 0 Å². The molecule has 0 fully saturated rings. The van der Waals surface area contributed by atoms with Gasteiger partial charge in [-0.3, -0.25) is 9.10 Å². The molecule has 1 N–H and O–H groups in total. The van der Waals surface area contributed by atoms with Gasteiger partial charge >= 0.3 is 16.2 Å². The first-order valence-electron chi connectivity index (χ1n) is 12.6. The first kappa shape index (κ1) is 26.5. The van der Waals surface area contributed by atoms with E-state index in [-0.39, 0.29) is 13.2 Å². The molecule has 0 bridgehead atoms. The normalized spacial score (nSPS) is 13.3. The molecule has 39 heavy (non-hydrogen) atoms. The zero-order chi connectivity index (χ0) is 27.4. The number of rotatable bonds is 10. The van der Waals surface area contributed by atoms with Crippen LogP contribution < -0.4 is 9.04 Å². The summed E-state index contributed by atoms with van der Waals surface area (Å²) in [4.78, 5) is 16.2. The maximum Gasteiger partial charge on any atom is 0.318 e. The van der Waals surface area contributed by atoms with Crippen LogP contribution >= 0.6 is 0 Å². The Morgan fingerprint density at radius 1 is 1.05 bits per heavy atom. The van der Waals surface area contributed by atoms with Gasteiger partial charge in [-0.25, -0.2) is 4.98 Å². The predicted molar refractivity (Wildman–Crippen MR) is 147 cm³/mol. The van der Waals surface area contributed by atoms with Gasteiger partial charge in [-0.15, -0.1) is 0 Å². The summed E-state index contributed by atoms with van der Waals surface area (Å²) < 4.78 is 41.2. The van der Waals surface area contributed by atoms with E-state index in [0.29, 0.717) is 47.3 Å². The average Bonchev–Trinajstić information content (AvgIpc) is 3.32. The highest BCUT2D eigenvalue weighted by molar-refractivity contribution is 7.90. The molecule has 3 aromatic carbocycles. The number of carboxylic acid groups (broad SMARTS) is 1. The van der Waals surface area contributed by atoms with Crippen LogP contribution in [0, 0.1) is 6.92 Å². The number of nitrogens with zero attached hydrogens (tertiary/aromatic N) is 3. The Morgan fingerprint density at radius 3 is 2.51 bits per heavy atom. The first-order valence-corrected chi connectivity index (χ1v) is 14.0. The lowest BCUT2D eigenvalue weighted by atomic mass is 10.0. The van der Waals surface area contributed by atoms with Gasteiger partial charge in [0.05, 0.1) is 5.69 Å². The van der Waals surface area contributed by atoms with Crippen molar-refractivity contribution in [2.24, 2.45) is 0 Å². The smallest absolute Gasteiger partial charge is 0.318 e. The fourth-order valence-electron chi connectivity index (χ4n) is 4.56. The Kier molecular flexibility index (Phi) is 7.67. The van der Waals surface area contributed by atoms with Crippen LogP contribution in [0.5, 0.6) is 5.75 Å². The van der Waals surface area contributed by atoms with E-state index in [1.54, 1.807) is 36.4 Å². The van der Waals surface area contributed by atoms with Gasteiger partial charge < -0.3 is 14.3 Å². The highest BCUT2D eigenvalue weighted by Gasteiger charge is 2.34. The van der Waals surface area contributed by atoms with Crippen LogP contribution in [0.15, 0.2) is 83.3 Å². The SMILES string of the molecule is Cc1oc(-c2ccccc2)nc1COc1ccc(CN(CC(=O)O)S(=O)(=O)N2CCCc3ccccc32)cc1. The molecule has 0 saturated heterocycles. The third kappa shape index (κ3) is 5.97. The van der Waals surface area contributed by atoms with Crippen molar-refractivity contribution in [2.75, 3.05) is 17.4 Å². The molecule has 0 spiro atoms. The number of aryl methyl sites for hydroxylation is 2. The van der Waals surface area contributed by atoms with Crippen LogP contribution in [0.3, 0.4) is 0 Å². The number of para-hydroxylation sites is 1. The number of anilines is 1. The van der Waals surface area contributed by atoms with E-state index in [1.165, 1.54) is 4.31 Å². The van der Waals surface area contributed by atoms with Crippen molar-refractivity contribution >= 4 is 21.9 Å². The van der Waals surface area contributed by atoms with E-state index in [2.05, 4.69) is 4.98 Å². The maximum atomic E-state index is 13.6. The number of ether oxygens (including phenoxy) is 1. The number of fused-ring (bicyclic) bond motifs is 1. The molecule has 1 aliphatic rings. The summed E-state index contributed by atoms with van der Waals surface area (Å²) in [5, 5.41) is 9.48. The third-order valence-electron chi connectivity index (χ3n) is 6.56. The number of benzene rings is 3. The standard InChI is InChI=1S/C29H29N3O6S/c1-21-26(30-29(38-21)24-9-3-2-4-10-24)20-37-25-15-13-22(14-16-25)18-31(19-28(33)34)39(35,36)32-17-7-11-23-8-5-6-12-27(23)32/h2-6,8-10,12-16H,7,11,17-20H2,1H3,(H,33,34). The topological polar surface area (TPSA) is 113 Å². The number of aliphatic carboxylic acids is 1. The van der Waals surface area contributed by atoms with Crippen LogP contribution in [0.25, 0.3) is 11.5 Å². The summed E-state index contributed by atoms with van der Waals surface area (Å²) in [7, 11) is -4.08. The van der Waals surface area contributed by atoms with Crippen molar-refractivity contribution in [2.45, 2.75) is 32.9 Å². The Hall–Kier alpha value is -4.15. The Morgan fingerprint density at radius 2 is 1.77 bits per heavy atom. The second-order valence-corrected chi connectivity index (χ2v) is 11.1. The number of aromatic nitrogens is 1. The molecule has 1 aliphatic heterocycles. The summed E-state index contributed by atoms with van der Waals surface area (Å²) in [5.41, 5.74) is 3.73. The minimum atomic E-state index is -4.08.